The fourth-order valence-electron chi connectivity index (χ4n) is 1.72. The second-order valence-corrected chi connectivity index (χ2v) is 4.84. The Labute approximate surface area is 113 Å². The van der Waals surface area contributed by atoms with Crippen molar-refractivity contribution in [3.8, 4) is 0 Å². The zero-order valence-corrected chi connectivity index (χ0v) is 11.6. The fourth-order valence-corrected chi connectivity index (χ4v) is 2.25. The van der Waals surface area contributed by atoms with Gasteiger partial charge in [0, 0.05) is 11.8 Å². The molecule has 0 saturated carbocycles. The molecule has 1 aromatic carbocycles. The van der Waals surface area contributed by atoms with E-state index in [4.69, 9.17) is 0 Å². The van der Waals surface area contributed by atoms with E-state index in [1.165, 1.54) is 6.07 Å². The number of aryl methyl sites for hydroxylation is 1. The van der Waals surface area contributed by atoms with Crippen LogP contribution in [0.3, 0.4) is 0 Å². The zero-order chi connectivity index (χ0) is 13.3. The minimum atomic E-state index is -0.389. The van der Waals surface area contributed by atoms with E-state index in [2.05, 4.69) is 20.9 Å². The summed E-state index contributed by atoms with van der Waals surface area (Å²) in [5, 5.41) is 10.9. The van der Waals surface area contributed by atoms with Crippen LogP contribution in [0.5, 0.6) is 0 Å². The van der Waals surface area contributed by atoms with E-state index >= 15 is 0 Å². The van der Waals surface area contributed by atoms with Crippen LogP contribution in [-0.2, 0) is 6.54 Å². The molecule has 0 radical (unpaired) electrons. The van der Waals surface area contributed by atoms with Gasteiger partial charge in [-0.1, -0.05) is 12.1 Å². The van der Waals surface area contributed by atoms with E-state index in [1.54, 1.807) is 12.4 Å². The number of benzene rings is 1. The third kappa shape index (κ3) is 2.28. The van der Waals surface area contributed by atoms with E-state index in [1.807, 2.05) is 24.5 Å². The maximum absolute atomic E-state index is 10.9. The van der Waals surface area contributed by atoms with Gasteiger partial charge in [0.2, 0.25) is 0 Å². The SMILES string of the molecule is Cc1ncn(Cc2cccc([N+](=O)[O-])c2Br)c1C. The van der Waals surface area contributed by atoms with Crippen molar-refractivity contribution in [2.75, 3.05) is 0 Å². The second-order valence-electron chi connectivity index (χ2n) is 4.05. The minimum absolute atomic E-state index is 0.0852. The van der Waals surface area contributed by atoms with Crippen molar-refractivity contribution in [3.05, 3.63) is 56.1 Å². The zero-order valence-electron chi connectivity index (χ0n) is 10.1. The molecule has 0 unspecified atom stereocenters. The molecular formula is C12H12BrN3O2. The molecule has 0 aliphatic carbocycles. The van der Waals surface area contributed by atoms with Crippen molar-refractivity contribution in [2.24, 2.45) is 0 Å². The van der Waals surface area contributed by atoms with Gasteiger partial charge in [0.1, 0.15) is 4.47 Å². The predicted octanol–water partition coefficient (Wildman–Crippen LogP) is 3.22. The van der Waals surface area contributed by atoms with Gasteiger partial charge in [0.05, 0.1) is 23.5 Å². The molecule has 0 amide bonds. The van der Waals surface area contributed by atoms with Crippen LogP contribution in [0, 0.1) is 24.0 Å². The number of nitro benzene ring substituents is 1. The van der Waals surface area contributed by atoms with Crippen LogP contribution in [0.15, 0.2) is 29.0 Å². The van der Waals surface area contributed by atoms with Gasteiger partial charge < -0.3 is 4.57 Å². The summed E-state index contributed by atoms with van der Waals surface area (Å²) in [6.45, 7) is 4.48. The maximum Gasteiger partial charge on any atom is 0.283 e. The van der Waals surface area contributed by atoms with Gasteiger partial charge in [-0.15, -0.1) is 0 Å². The summed E-state index contributed by atoms with van der Waals surface area (Å²) in [4.78, 5) is 14.7. The third-order valence-electron chi connectivity index (χ3n) is 2.94. The smallest absolute Gasteiger partial charge is 0.283 e. The number of nitrogens with zero attached hydrogens (tertiary/aromatic N) is 3. The van der Waals surface area contributed by atoms with Crippen molar-refractivity contribution >= 4 is 21.6 Å². The summed E-state index contributed by atoms with van der Waals surface area (Å²) in [5.74, 6) is 0. The molecule has 94 valence electrons. The summed E-state index contributed by atoms with van der Waals surface area (Å²) < 4.78 is 2.50. The molecule has 1 heterocycles. The Morgan fingerprint density at radius 2 is 2.17 bits per heavy atom. The molecular weight excluding hydrogens is 298 g/mol. The second kappa shape index (κ2) is 4.89. The van der Waals surface area contributed by atoms with E-state index in [9.17, 15) is 10.1 Å². The molecule has 0 aliphatic rings. The molecule has 2 rings (SSSR count). The number of halogens is 1. The van der Waals surface area contributed by atoms with Gasteiger partial charge in [0.25, 0.3) is 5.69 Å². The van der Waals surface area contributed by atoms with Crippen LogP contribution in [0.2, 0.25) is 0 Å². The molecule has 0 saturated heterocycles. The summed E-state index contributed by atoms with van der Waals surface area (Å²) >= 11 is 3.30. The first kappa shape index (κ1) is 12.8. The largest absolute Gasteiger partial charge is 0.330 e. The Hall–Kier alpha value is -1.69. The van der Waals surface area contributed by atoms with Crippen molar-refractivity contribution in [1.82, 2.24) is 9.55 Å². The van der Waals surface area contributed by atoms with Gasteiger partial charge >= 0.3 is 0 Å². The molecule has 0 spiro atoms. The normalized spacial score (nSPS) is 10.6. The summed E-state index contributed by atoms with van der Waals surface area (Å²) in [7, 11) is 0. The van der Waals surface area contributed by atoms with Crippen molar-refractivity contribution in [3.63, 3.8) is 0 Å². The van der Waals surface area contributed by atoms with Gasteiger partial charge in [-0.05, 0) is 35.3 Å². The molecule has 0 N–H and O–H groups in total. The number of hydrogen-bond acceptors (Lipinski definition) is 3. The number of imidazole rings is 1. The van der Waals surface area contributed by atoms with E-state index in [-0.39, 0.29) is 10.6 Å². The third-order valence-corrected chi connectivity index (χ3v) is 3.86. The average Bonchev–Trinajstić information content (AvgIpc) is 2.63. The molecule has 0 bridgehead atoms. The Kier molecular flexibility index (Phi) is 3.47. The fraction of sp³-hybridized carbons (Fsp3) is 0.250. The van der Waals surface area contributed by atoms with Crippen LogP contribution in [-0.4, -0.2) is 14.5 Å². The Morgan fingerprint density at radius 3 is 2.72 bits per heavy atom. The number of nitro groups is 1. The standard InChI is InChI=1S/C12H12BrN3O2/c1-8-9(2)15(7-14-8)6-10-4-3-5-11(12(10)13)16(17)18/h3-5,7H,6H2,1-2H3. The summed E-state index contributed by atoms with van der Waals surface area (Å²) in [6, 6.07) is 5.04. The number of aromatic nitrogens is 2. The summed E-state index contributed by atoms with van der Waals surface area (Å²) in [5.41, 5.74) is 2.98. The van der Waals surface area contributed by atoms with E-state index < -0.39 is 0 Å². The predicted molar refractivity (Wildman–Crippen MR) is 71.6 cm³/mol. The first-order valence-corrected chi connectivity index (χ1v) is 6.20. The number of hydrogen-bond donors (Lipinski definition) is 0. The number of rotatable bonds is 3. The monoisotopic (exact) mass is 309 g/mol. The first-order chi connectivity index (χ1) is 8.50. The van der Waals surface area contributed by atoms with Crippen molar-refractivity contribution in [2.45, 2.75) is 20.4 Å². The Morgan fingerprint density at radius 1 is 1.44 bits per heavy atom. The quantitative estimate of drug-likeness (QED) is 0.646. The molecule has 0 fully saturated rings. The van der Waals surface area contributed by atoms with E-state index in [0.717, 1.165) is 17.0 Å². The highest BCUT2D eigenvalue weighted by Crippen LogP contribution is 2.29. The highest BCUT2D eigenvalue weighted by atomic mass is 79.9. The lowest BCUT2D eigenvalue weighted by molar-refractivity contribution is -0.385. The highest BCUT2D eigenvalue weighted by Gasteiger charge is 2.15. The lowest BCUT2D eigenvalue weighted by atomic mass is 10.2. The lowest BCUT2D eigenvalue weighted by Crippen LogP contribution is -2.02. The minimum Gasteiger partial charge on any atom is -0.330 e. The lowest BCUT2D eigenvalue weighted by Gasteiger charge is -2.08. The van der Waals surface area contributed by atoms with Gasteiger partial charge in [-0.2, -0.15) is 0 Å². The van der Waals surface area contributed by atoms with Crippen molar-refractivity contribution < 1.29 is 4.92 Å². The van der Waals surface area contributed by atoms with Crippen LogP contribution in [0.1, 0.15) is 17.0 Å². The van der Waals surface area contributed by atoms with Crippen LogP contribution >= 0.6 is 15.9 Å². The molecule has 2 aromatic rings. The van der Waals surface area contributed by atoms with Crippen LogP contribution in [0.25, 0.3) is 0 Å². The van der Waals surface area contributed by atoms with Gasteiger partial charge in [0.15, 0.2) is 0 Å². The van der Waals surface area contributed by atoms with E-state index in [0.29, 0.717) is 11.0 Å². The molecule has 5 nitrogen and oxygen atoms in total. The average molecular weight is 310 g/mol. The summed E-state index contributed by atoms with van der Waals surface area (Å²) in [6.07, 6.45) is 1.75. The maximum atomic E-state index is 10.9. The Bertz CT molecular complexity index is 607. The first-order valence-electron chi connectivity index (χ1n) is 5.41. The van der Waals surface area contributed by atoms with Gasteiger partial charge in [-0.25, -0.2) is 4.98 Å². The molecule has 6 heteroatoms. The molecule has 0 aliphatic heterocycles. The Balaban J connectivity index is 2.38. The molecule has 18 heavy (non-hydrogen) atoms. The molecule has 0 atom stereocenters. The van der Waals surface area contributed by atoms with Gasteiger partial charge in [-0.3, -0.25) is 10.1 Å². The molecule has 1 aromatic heterocycles. The highest BCUT2D eigenvalue weighted by molar-refractivity contribution is 9.10. The topological polar surface area (TPSA) is 61.0 Å². The van der Waals surface area contributed by atoms with Crippen LogP contribution < -0.4 is 0 Å². The van der Waals surface area contributed by atoms with Crippen molar-refractivity contribution in [1.29, 1.82) is 0 Å². The van der Waals surface area contributed by atoms with Crippen LogP contribution in [0.4, 0.5) is 5.69 Å².